The van der Waals surface area contributed by atoms with E-state index in [1.165, 1.54) is 37.9 Å². The molecule has 0 amide bonds. The lowest BCUT2D eigenvalue weighted by atomic mass is 9.50. The van der Waals surface area contributed by atoms with Crippen molar-refractivity contribution in [3.05, 3.63) is 18.2 Å². The third-order valence-electron chi connectivity index (χ3n) is 6.36. The third-order valence-corrected chi connectivity index (χ3v) is 6.36. The van der Waals surface area contributed by atoms with E-state index in [2.05, 4.69) is 30.1 Å². The second-order valence-corrected chi connectivity index (χ2v) is 7.35. The SMILES string of the molecule is CCn1ccnc1C(NC)C1C2CC3CC(C2)CC1C3. The number of hydrogen-bond acceptors (Lipinski definition) is 2. The molecule has 3 nitrogen and oxygen atoms in total. The molecule has 1 heterocycles. The Morgan fingerprint density at radius 3 is 2.40 bits per heavy atom. The fourth-order valence-electron chi connectivity index (χ4n) is 5.87. The molecule has 1 unspecified atom stereocenters. The predicted molar refractivity (Wildman–Crippen MR) is 80.2 cm³/mol. The summed E-state index contributed by atoms with van der Waals surface area (Å²) in [6, 6.07) is 0.458. The van der Waals surface area contributed by atoms with Crippen LogP contribution < -0.4 is 5.32 Å². The number of rotatable bonds is 4. The lowest BCUT2D eigenvalue weighted by Gasteiger charge is -2.56. The van der Waals surface area contributed by atoms with Crippen molar-refractivity contribution in [2.75, 3.05) is 7.05 Å². The molecule has 0 spiro atoms. The Morgan fingerprint density at radius 1 is 1.20 bits per heavy atom. The Kier molecular flexibility index (Phi) is 3.13. The van der Waals surface area contributed by atoms with Gasteiger partial charge in [-0.1, -0.05) is 0 Å². The minimum absolute atomic E-state index is 0.458. The molecule has 4 aliphatic carbocycles. The van der Waals surface area contributed by atoms with Crippen LogP contribution in [0, 0.1) is 29.6 Å². The first-order chi connectivity index (χ1) is 9.80. The molecule has 4 saturated carbocycles. The number of hydrogen-bond donors (Lipinski definition) is 1. The van der Waals surface area contributed by atoms with Crippen molar-refractivity contribution in [3.8, 4) is 0 Å². The molecule has 1 atom stereocenters. The smallest absolute Gasteiger partial charge is 0.126 e. The van der Waals surface area contributed by atoms with Crippen LogP contribution in [0.4, 0.5) is 0 Å². The highest BCUT2D eigenvalue weighted by atomic mass is 15.1. The zero-order valence-electron chi connectivity index (χ0n) is 12.8. The Hall–Kier alpha value is -0.830. The molecule has 1 N–H and O–H groups in total. The van der Waals surface area contributed by atoms with E-state index in [1.807, 2.05) is 6.20 Å². The molecule has 1 aromatic rings. The molecule has 0 radical (unpaired) electrons. The van der Waals surface area contributed by atoms with Gasteiger partial charge in [-0.15, -0.1) is 0 Å². The zero-order chi connectivity index (χ0) is 13.7. The van der Waals surface area contributed by atoms with E-state index >= 15 is 0 Å². The van der Waals surface area contributed by atoms with Gasteiger partial charge in [0, 0.05) is 18.9 Å². The molecule has 20 heavy (non-hydrogen) atoms. The van der Waals surface area contributed by atoms with E-state index in [0.29, 0.717) is 6.04 Å². The summed E-state index contributed by atoms with van der Waals surface area (Å²) in [4.78, 5) is 4.69. The van der Waals surface area contributed by atoms with Gasteiger partial charge in [0.15, 0.2) is 0 Å². The van der Waals surface area contributed by atoms with Crippen LogP contribution >= 0.6 is 0 Å². The van der Waals surface area contributed by atoms with Crippen LogP contribution in [-0.2, 0) is 6.54 Å². The van der Waals surface area contributed by atoms with E-state index in [9.17, 15) is 0 Å². The van der Waals surface area contributed by atoms with Gasteiger partial charge in [-0.2, -0.15) is 0 Å². The Labute approximate surface area is 122 Å². The summed E-state index contributed by atoms with van der Waals surface area (Å²) in [5, 5.41) is 3.62. The summed E-state index contributed by atoms with van der Waals surface area (Å²) in [6.45, 7) is 3.25. The minimum Gasteiger partial charge on any atom is -0.334 e. The van der Waals surface area contributed by atoms with Crippen LogP contribution in [0.5, 0.6) is 0 Å². The largest absolute Gasteiger partial charge is 0.334 e. The van der Waals surface area contributed by atoms with Gasteiger partial charge in [0.25, 0.3) is 0 Å². The number of nitrogens with one attached hydrogen (secondary N) is 1. The van der Waals surface area contributed by atoms with Gasteiger partial charge in [0.2, 0.25) is 0 Å². The third kappa shape index (κ3) is 1.86. The van der Waals surface area contributed by atoms with Crippen LogP contribution in [0.2, 0.25) is 0 Å². The highest BCUT2D eigenvalue weighted by Crippen LogP contribution is 2.59. The van der Waals surface area contributed by atoms with Crippen molar-refractivity contribution in [3.63, 3.8) is 0 Å². The molecule has 0 saturated heterocycles. The maximum atomic E-state index is 4.69. The second kappa shape index (κ2) is 4.87. The number of nitrogens with zero attached hydrogens (tertiary/aromatic N) is 2. The maximum Gasteiger partial charge on any atom is 0.126 e. The van der Waals surface area contributed by atoms with Crippen LogP contribution in [0.1, 0.15) is 50.9 Å². The Morgan fingerprint density at radius 2 is 1.85 bits per heavy atom. The van der Waals surface area contributed by atoms with Crippen molar-refractivity contribution in [2.45, 2.75) is 51.6 Å². The van der Waals surface area contributed by atoms with Crippen LogP contribution in [0.25, 0.3) is 0 Å². The van der Waals surface area contributed by atoms with Crippen molar-refractivity contribution in [1.29, 1.82) is 0 Å². The van der Waals surface area contributed by atoms with E-state index in [-0.39, 0.29) is 0 Å². The molecule has 3 heteroatoms. The predicted octanol–water partition coefficient (Wildman–Crippen LogP) is 3.24. The van der Waals surface area contributed by atoms with E-state index in [0.717, 1.165) is 36.1 Å². The topological polar surface area (TPSA) is 29.9 Å². The minimum atomic E-state index is 0.458. The average molecular weight is 273 g/mol. The lowest BCUT2D eigenvalue weighted by Crippen LogP contribution is -2.49. The second-order valence-electron chi connectivity index (χ2n) is 7.35. The molecule has 4 bridgehead atoms. The van der Waals surface area contributed by atoms with Crippen LogP contribution in [0.15, 0.2) is 12.4 Å². The molecule has 0 aromatic carbocycles. The quantitative estimate of drug-likeness (QED) is 0.912. The van der Waals surface area contributed by atoms with Gasteiger partial charge in [-0.25, -0.2) is 4.98 Å². The molecule has 0 aliphatic heterocycles. The van der Waals surface area contributed by atoms with E-state index < -0.39 is 0 Å². The average Bonchev–Trinajstić information content (AvgIpc) is 2.90. The highest BCUT2D eigenvalue weighted by molar-refractivity contribution is 5.08. The number of aryl methyl sites for hydroxylation is 1. The summed E-state index contributed by atoms with van der Waals surface area (Å²) >= 11 is 0. The van der Waals surface area contributed by atoms with Gasteiger partial charge in [0.1, 0.15) is 5.82 Å². The maximum absolute atomic E-state index is 4.69. The Bertz CT molecular complexity index is 450. The van der Waals surface area contributed by atoms with E-state index in [4.69, 9.17) is 4.98 Å². The van der Waals surface area contributed by atoms with Crippen molar-refractivity contribution in [1.82, 2.24) is 14.9 Å². The first-order valence-electron chi connectivity index (χ1n) is 8.48. The van der Waals surface area contributed by atoms with Gasteiger partial charge in [-0.3, -0.25) is 0 Å². The summed E-state index contributed by atoms with van der Waals surface area (Å²) in [7, 11) is 2.13. The molecule has 110 valence electrons. The summed E-state index contributed by atoms with van der Waals surface area (Å²) in [5.41, 5.74) is 0. The first-order valence-corrected chi connectivity index (χ1v) is 8.48. The fourth-order valence-corrected chi connectivity index (χ4v) is 5.87. The molecule has 4 aliphatic rings. The van der Waals surface area contributed by atoms with Gasteiger partial charge >= 0.3 is 0 Å². The normalized spacial score (nSPS) is 40.2. The molecule has 4 fully saturated rings. The number of imidazole rings is 1. The van der Waals surface area contributed by atoms with Crippen molar-refractivity contribution >= 4 is 0 Å². The molecular weight excluding hydrogens is 246 g/mol. The molecule has 5 rings (SSSR count). The van der Waals surface area contributed by atoms with E-state index in [1.54, 1.807) is 0 Å². The summed E-state index contributed by atoms with van der Waals surface area (Å²) in [6.07, 6.45) is 11.6. The van der Waals surface area contributed by atoms with Gasteiger partial charge < -0.3 is 9.88 Å². The van der Waals surface area contributed by atoms with Crippen LogP contribution in [-0.4, -0.2) is 16.6 Å². The van der Waals surface area contributed by atoms with Crippen molar-refractivity contribution < 1.29 is 0 Å². The van der Waals surface area contributed by atoms with Crippen LogP contribution in [0.3, 0.4) is 0 Å². The van der Waals surface area contributed by atoms with Gasteiger partial charge in [-0.05, 0) is 75.7 Å². The summed E-state index contributed by atoms with van der Waals surface area (Å²) in [5.74, 6) is 6.10. The first kappa shape index (κ1) is 12.9. The monoisotopic (exact) mass is 273 g/mol. The molecular formula is C17H27N3. The lowest BCUT2D eigenvalue weighted by molar-refractivity contribution is -0.0531. The zero-order valence-corrected chi connectivity index (χ0v) is 12.8. The number of aromatic nitrogens is 2. The fraction of sp³-hybridized carbons (Fsp3) is 0.824. The van der Waals surface area contributed by atoms with Gasteiger partial charge in [0.05, 0.1) is 6.04 Å². The highest BCUT2D eigenvalue weighted by Gasteiger charge is 2.51. The molecule has 1 aromatic heterocycles. The standard InChI is InChI=1S/C17H27N3/c1-3-20-5-4-19-17(20)16(18-2)15-13-7-11-6-12(9-13)10-14(15)8-11/h4-5,11-16,18H,3,6-10H2,1-2H3. The summed E-state index contributed by atoms with van der Waals surface area (Å²) < 4.78 is 2.33. The van der Waals surface area contributed by atoms with Crippen molar-refractivity contribution in [2.24, 2.45) is 29.6 Å². The Balaban J connectivity index is 1.65.